The van der Waals surface area contributed by atoms with Crippen molar-refractivity contribution in [2.75, 3.05) is 26.2 Å². The molecule has 3 N–H and O–H groups in total. The van der Waals surface area contributed by atoms with Gasteiger partial charge in [0.2, 0.25) is 17.7 Å². The molecule has 0 bridgehead atoms. The number of nitrogens with zero attached hydrogens (tertiary/aromatic N) is 2. The topological polar surface area (TPSA) is 138 Å². The molecule has 13 heteroatoms. The summed E-state index contributed by atoms with van der Waals surface area (Å²) in [5.41, 5.74) is 3.30. The molecule has 8 rings (SSSR count). The van der Waals surface area contributed by atoms with E-state index in [0.29, 0.717) is 37.4 Å². The van der Waals surface area contributed by atoms with Crippen LogP contribution in [0.25, 0.3) is 20.5 Å². The Labute approximate surface area is 330 Å². The fourth-order valence-corrected chi connectivity index (χ4v) is 8.89. The van der Waals surface area contributed by atoms with Crippen LogP contribution in [0.5, 0.6) is 23.0 Å². The molecular formula is C42H39BrN4O7S. The molecule has 1 atom stereocenters. The number of ether oxygens (including phenoxy) is 2. The number of benzene rings is 4. The standard InChI is InChI=1S/C42H39BrN4O7S/c43-29-4-2-26(3-5-29)39-38(34-12-6-30(48)22-36(34)55-39)54-32-9-7-31(8-10-32)53-20-19-46-17-15-27(16-18-46)40(50)44-23-25-1-11-33-28(21-25)24-47(42(33)52)35-13-14-37(49)45-41(35)51/h1-12,21-22,27,35,48H,13-20,23-24H2,(H,44,50)(H,45,49,51). The van der Waals surface area contributed by atoms with Crippen molar-refractivity contribution < 1.29 is 33.8 Å². The van der Waals surface area contributed by atoms with Gasteiger partial charge in [-0.2, -0.15) is 0 Å². The van der Waals surface area contributed by atoms with Crippen molar-refractivity contribution in [3.8, 4) is 33.4 Å². The molecule has 0 radical (unpaired) electrons. The van der Waals surface area contributed by atoms with Crippen LogP contribution in [0.2, 0.25) is 0 Å². The molecule has 282 valence electrons. The highest BCUT2D eigenvalue weighted by atomic mass is 79.9. The molecule has 0 saturated carbocycles. The van der Waals surface area contributed by atoms with Gasteiger partial charge in [0.25, 0.3) is 5.91 Å². The number of likely N-dealkylation sites (tertiary alicyclic amines) is 1. The first-order chi connectivity index (χ1) is 26.7. The minimum absolute atomic E-state index is 0.0255. The lowest BCUT2D eigenvalue weighted by molar-refractivity contribution is -0.137. The number of nitrogens with one attached hydrogen (secondary N) is 2. The first kappa shape index (κ1) is 36.7. The summed E-state index contributed by atoms with van der Waals surface area (Å²) < 4.78 is 14.5. The van der Waals surface area contributed by atoms with Gasteiger partial charge in [-0.05, 0) is 110 Å². The number of aromatic hydroxyl groups is 1. The van der Waals surface area contributed by atoms with Gasteiger partial charge in [0, 0.05) is 52.1 Å². The van der Waals surface area contributed by atoms with Gasteiger partial charge in [0.05, 0.1) is 4.88 Å². The zero-order valence-electron chi connectivity index (χ0n) is 29.9. The number of amides is 4. The molecule has 0 spiro atoms. The van der Waals surface area contributed by atoms with Crippen molar-refractivity contribution >= 4 is 61.0 Å². The number of hydrogen-bond acceptors (Lipinski definition) is 9. The summed E-state index contributed by atoms with van der Waals surface area (Å²) in [5.74, 6) is 1.39. The van der Waals surface area contributed by atoms with Crippen LogP contribution in [0, 0.1) is 5.92 Å². The number of hydrogen-bond donors (Lipinski definition) is 3. The van der Waals surface area contributed by atoms with Gasteiger partial charge < -0.3 is 24.8 Å². The fraction of sp³-hybridized carbons (Fsp3) is 0.286. The van der Waals surface area contributed by atoms with Crippen LogP contribution in [0.15, 0.2) is 89.4 Å². The van der Waals surface area contributed by atoms with E-state index in [9.17, 15) is 24.3 Å². The molecule has 3 aliphatic heterocycles. The van der Waals surface area contributed by atoms with Gasteiger partial charge in [-0.3, -0.25) is 29.4 Å². The van der Waals surface area contributed by atoms with Crippen molar-refractivity contribution in [3.63, 3.8) is 0 Å². The molecule has 4 amide bonds. The number of rotatable bonds is 11. The van der Waals surface area contributed by atoms with Gasteiger partial charge in [-0.1, -0.05) is 40.2 Å². The molecule has 0 aliphatic carbocycles. The van der Waals surface area contributed by atoms with Crippen molar-refractivity contribution in [2.24, 2.45) is 5.92 Å². The molecule has 55 heavy (non-hydrogen) atoms. The van der Waals surface area contributed by atoms with E-state index in [1.807, 2.05) is 66.7 Å². The summed E-state index contributed by atoms with van der Waals surface area (Å²) in [5, 5.41) is 16.4. The predicted molar refractivity (Wildman–Crippen MR) is 212 cm³/mol. The summed E-state index contributed by atoms with van der Waals surface area (Å²) in [6.07, 6.45) is 2.06. The second-order valence-electron chi connectivity index (χ2n) is 14.1. The summed E-state index contributed by atoms with van der Waals surface area (Å²) in [6, 6.07) is 25.9. The van der Waals surface area contributed by atoms with Crippen molar-refractivity contribution in [3.05, 3.63) is 106 Å². The van der Waals surface area contributed by atoms with Crippen LogP contribution in [0.4, 0.5) is 0 Å². The van der Waals surface area contributed by atoms with Crippen LogP contribution >= 0.6 is 27.3 Å². The number of thiophene rings is 1. The molecule has 5 aromatic rings. The second-order valence-corrected chi connectivity index (χ2v) is 16.1. The number of carbonyl (C=O) groups excluding carboxylic acids is 4. The van der Waals surface area contributed by atoms with Crippen LogP contribution in [0.3, 0.4) is 0 Å². The molecule has 2 saturated heterocycles. The summed E-state index contributed by atoms with van der Waals surface area (Å²) in [4.78, 5) is 54.8. The Hall–Kier alpha value is -5.24. The van der Waals surface area contributed by atoms with Gasteiger partial charge >= 0.3 is 0 Å². The zero-order chi connectivity index (χ0) is 38.1. The molecule has 1 unspecified atom stereocenters. The van der Waals surface area contributed by atoms with Crippen molar-refractivity contribution in [2.45, 2.75) is 44.8 Å². The van der Waals surface area contributed by atoms with Gasteiger partial charge in [-0.15, -0.1) is 11.3 Å². The Morgan fingerprint density at radius 3 is 2.45 bits per heavy atom. The number of imide groups is 1. The highest BCUT2D eigenvalue weighted by molar-refractivity contribution is 9.10. The van der Waals surface area contributed by atoms with Crippen molar-refractivity contribution in [1.29, 1.82) is 0 Å². The van der Waals surface area contributed by atoms with Gasteiger partial charge in [0.1, 0.15) is 29.9 Å². The number of phenolic OH excluding ortho intramolecular Hbond substituents is 1. The average molecular weight is 824 g/mol. The Bertz CT molecular complexity index is 2270. The minimum atomic E-state index is -0.653. The minimum Gasteiger partial charge on any atom is -0.508 e. The lowest BCUT2D eigenvalue weighted by Crippen LogP contribution is -2.52. The molecule has 11 nitrogen and oxygen atoms in total. The quantitative estimate of drug-likeness (QED) is 0.121. The summed E-state index contributed by atoms with van der Waals surface area (Å²) >= 11 is 5.08. The number of fused-ring (bicyclic) bond motifs is 2. The average Bonchev–Trinajstić information content (AvgIpc) is 3.70. The monoisotopic (exact) mass is 822 g/mol. The Balaban J connectivity index is 0.784. The number of phenols is 1. The highest BCUT2D eigenvalue weighted by Gasteiger charge is 2.39. The SMILES string of the molecule is O=C1CCC(N2Cc3cc(CNC(=O)C4CCN(CCOc5ccc(Oc6c(-c7ccc(Br)cc7)sc7cc(O)ccc67)cc5)CC4)ccc3C2=O)C(=O)N1. The molecular weight excluding hydrogens is 784 g/mol. The maximum Gasteiger partial charge on any atom is 0.255 e. The lowest BCUT2D eigenvalue weighted by Gasteiger charge is -2.31. The molecule has 4 heterocycles. The Morgan fingerprint density at radius 2 is 1.69 bits per heavy atom. The molecule has 1 aromatic heterocycles. The molecule has 2 fully saturated rings. The number of piperidine rings is 2. The number of carbonyl (C=O) groups is 4. The van der Waals surface area contributed by atoms with E-state index in [2.05, 4.69) is 31.5 Å². The predicted octanol–water partition coefficient (Wildman–Crippen LogP) is 7.00. The first-order valence-corrected chi connectivity index (χ1v) is 20.0. The van der Waals surface area contributed by atoms with E-state index >= 15 is 0 Å². The highest BCUT2D eigenvalue weighted by Crippen LogP contribution is 2.47. The molecule has 3 aliphatic rings. The van der Waals surface area contributed by atoms with E-state index in [1.54, 1.807) is 29.5 Å². The van der Waals surface area contributed by atoms with Crippen LogP contribution in [-0.4, -0.2) is 70.8 Å². The normalized spacial score (nSPS) is 17.7. The van der Waals surface area contributed by atoms with E-state index in [1.165, 1.54) is 4.90 Å². The van der Waals surface area contributed by atoms with Gasteiger partial charge in [-0.25, -0.2) is 0 Å². The van der Waals surface area contributed by atoms with E-state index in [-0.39, 0.29) is 35.8 Å². The van der Waals surface area contributed by atoms with Crippen molar-refractivity contribution in [1.82, 2.24) is 20.4 Å². The maximum absolute atomic E-state index is 13.1. The van der Waals surface area contributed by atoms with E-state index in [0.717, 1.165) is 80.1 Å². The summed E-state index contributed by atoms with van der Waals surface area (Å²) in [7, 11) is 0. The third kappa shape index (κ3) is 8.10. The van der Waals surface area contributed by atoms with Gasteiger partial charge in [0.15, 0.2) is 5.75 Å². The Morgan fingerprint density at radius 1 is 0.927 bits per heavy atom. The van der Waals surface area contributed by atoms with Crippen LogP contribution in [0.1, 0.15) is 47.2 Å². The second kappa shape index (κ2) is 15.9. The zero-order valence-corrected chi connectivity index (χ0v) is 32.3. The fourth-order valence-electron chi connectivity index (χ4n) is 7.46. The van der Waals surface area contributed by atoms with Crippen LogP contribution in [-0.2, 0) is 27.5 Å². The third-order valence-corrected chi connectivity index (χ3v) is 12.2. The van der Waals surface area contributed by atoms with E-state index in [4.69, 9.17) is 9.47 Å². The number of halogens is 1. The summed E-state index contributed by atoms with van der Waals surface area (Å²) in [6.45, 7) is 3.54. The third-order valence-electron chi connectivity index (χ3n) is 10.5. The largest absolute Gasteiger partial charge is 0.508 e. The first-order valence-electron chi connectivity index (χ1n) is 18.4. The smallest absolute Gasteiger partial charge is 0.255 e. The Kier molecular flexibility index (Phi) is 10.6. The van der Waals surface area contributed by atoms with Crippen LogP contribution < -0.4 is 20.1 Å². The molecule has 4 aromatic carbocycles. The maximum atomic E-state index is 13.1. The van der Waals surface area contributed by atoms with E-state index < -0.39 is 11.9 Å². The lowest BCUT2D eigenvalue weighted by atomic mass is 9.96.